The van der Waals surface area contributed by atoms with Gasteiger partial charge in [-0.3, -0.25) is 10.1 Å². The van der Waals surface area contributed by atoms with Gasteiger partial charge >= 0.3 is 5.69 Å². The van der Waals surface area contributed by atoms with Gasteiger partial charge in [-0.15, -0.1) is 0 Å². The molecule has 7 heteroatoms. The molecule has 1 N–H and O–H groups in total. The summed E-state index contributed by atoms with van der Waals surface area (Å²) in [6, 6.07) is 9.30. The lowest BCUT2D eigenvalue weighted by Crippen LogP contribution is -2.07. The number of nitro benzene ring substituents is 1. The molecule has 5 nitrogen and oxygen atoms in total. The topological polar surface area (TPSA) is 64.4 Å². The molecule has 0 heterocycles. The summed E-state index contributed by atoms with van der Waals surface area (Å²) < 4.78 is 5.67. The van der Waals surface area contributed by atoms with Crippen molar-refractivity contribution in [1.29, 1.82) is 0 Å². The van der Waals surface area contributed by atoms with Crippen molar-refractivity contribution in [2.75, 3.05) is 7.05 Å². The lowest BCUT2D eigenvalue weighted by Gasteiger charge is -2.12. The summed E-state index contributed by atoms with van der Waals surface area (Å²) in [5, 5.41) is 14.9. The molecule has 2 aromatic carbocycles. The van der Waals surface area contributed by atoms with Gasteiger partial charge in [0.1, 0.15) is 5.75 Å². The average Bonchev–Trinajstić information content (AvgIpc) is 2.42. The highest BCUT2D eigenvalue weighted by Gasteiger charge is 2.18. The third-order valence-electron chi connectivity index (χ3n) is 2.77. The van der Waals surface area contributed by atoms with Crippen LogP contribution in [0.3, 0.4) is 0 Å². The third kappa shape index (κ3) is 3.64. The molecule has 2 aromatic rings. The van der Waals surface area contributed by atoms with Crippen LogP contribution in [0, 0.1) is 10.1 Å². The van der Waals surface area contributed by atoms with E-state index in [1.54, 1.807) is 25.2 Å². The highest BCUT2D eigenvalue weighted by molar-refractivity contribution is 6.31. The quantitative estimate of drug-likeness (QED) is 0.652. The van der Waals surface area contributed by atoms with E-state index in [0.717, 1.165) is 5.56 Å². The maximum Gasteiger partial charge on any atom is 0.311 e. The Kier molecular flexibility index (Phi) is 5.01. The number of nitrogens with one attached hydrogen (secondary N) is 1. The number of ether oxygens (including phenoxy) is 1. The number of hydrogen-bond acceptors (Lipinski definition) is 4. The van der Waals surface area contributed by atoms with E-state index < -0.39 is 4.92 Å². The number of nitro groups is 1. The molecule has 2 rings (SSSR count). The Bertz CT molecular complexity index is 677. The predicted octanol–water partition coefficient (Wildman–Crippen LogP) is 4.41. The molecule has 0 radical (unpaired) electrons. The molecule has 0 bridgehead atoms. The van der Waals surface area contributed by atoms with Crippen LogP contribution in [0.2, 0.25) is 10.0 Å². The normalized spacial score (nSPS) is 10.4. The SMILES string of the molecule is CNCc1c(Cl)cccc1Oc1cc(Cl)ccc1[N+](=O)[O-]. The van der Waals surface area contributed by atoms with Crippen LogP contribution in [-0.4, -0.2) is 12.0 Å². The summed E-state index contributed by atoms with van der Waals surface area (Å²) in [5.41, 5.74) is 0.561. The zero-order valence-electron chi connectivity index (χ0n) is 11.1. The summed E-state index contributed by atoms with van der Waals surface area (Å²) in [5.74, 6) is 0.523. The highest BCUT2D eigenvalue weighted by atomic mass is 35.5. The van der Waals surface area contributed by atoms with Gasteiger partial charge in [0.05, 0.1) is 4.92 Å². The Morgan fingerprint density at radius 3 is 2.67 bits per heavy atom. The maximum absolute atomic E-state index is 11.0. The van der Waals surface area contributed by atoms with E-state index in [0.29, 0.717) is 22.3 Å². The first kappa shape index (κ1) is 15.6. The minimum atomic E-state index is -0.520. The molecular weight excluding hydrogens is 315 g/mol. The molecule has 0 atom stereocenters. The van der Waals surface area contributed by atoms with E-state index in [2.05, 4.69) is 5.32 Å². The van der Waals surface area contributed by atoms with Crippen LogP contribution < -0.4 is 10.1 Å². The molecule has 0 unspecified atom stereocenters. The van der Waals surface area contributed by atoms with E-state index in [1.165, 1.54) is 18.2 Å². The first-order chi connectivity index (χ1) is 10.0. The van der Waals surface area contributed by atoms with Gasteiger partial charge in [0.15, 0.2) is 0 Å². The number of halogens is 2. The first-order valence-corrected chi connectivity index (χ1v) is 6.82. The monoisotopic (exact) mass is 326 g/mol. The first-order valence-electron chi connectivity index (χ1n) is 6.06. The van der Waals surface area contributed by atoms with Crippen molar-refractivity contribution in [2.24, 2.45) is 0 Å². The van der Waals surface area contributed by atoms with Crippen LogP contribution in [0.4, 0.5) is 5.69 Å². The van der Waals surface area contributed by atoms with Gasteiger partial charge in [-0.25, -0.2) is 0 Å². The van der Waals surface area contributed by atoms with Gasteiger partial charge in [-0.1, -0.05) is 29.3 Å². The van der Waals surface area contributed by atoms with Crippen LogP contribution in [0.25, 0.3) is 0 Å². The second-order valence-electron chi connectivity index (χ2n) is 4.22. The number of rotatable bonds is 5. The molecule has 0 saturated carbocycles. The zero-order chi connectivity index (χ0) is 15.4. The van der Waals surface area contributed by atoms with Gasteiger partial charge in [0.2, 0.25) is 5.75 Å². The van der Waals surface area contributed by atoms with E-state index >= 15 is 0 Å². The van der Waals surface area contributed by atoms with Crippen molar-refractivity contribution in [3.63, 3.8) is 0 Å². The van der Waals surface area contributed by atoms with Gasteiger partial charge in [-0.2, -0.15) is 0 Å². The van der Waals surface area contributed by atoms with Crippen LogP contribution in [0.15, 0.2) is 36.4 Å². The van der Waals surface area contributed by atoms with Gasteiger partial charge in [-0.05, 0) is 25.2 Å². The molecule has 21 heavy (non-hydrogen) atoms. The Hall–Kier alpha value is -1.82. The van der Waals surface area contributed by atoms with Crippen molar-refractivity contribution in [2.45, 2.75) is 6.54 Å². The van der Waals surface area contributed by atoms with Gasteiger partial charge in [0, 0.05) is 34.3 Å². The van der Waals surface area contributed by atoms with E-state index in [-0.39, 0.29) is 11.4 Å². The maximum atomic E-state index is 11.0. The summed E-state index contributed by atoms with van der Waals surface area (Å²) in [4.78, 5) is 10.5. The number of nitrogens with zero attached hydrogens (tertiary/aromatic N) is 1. The molecule has 0 fully saturated rings. The smallest absolute Gasteiger partial charge is 0.311 e. The van der Waals surface area contributed by atoms with Crippen LogP contribution in [-0.2, 0) is 6.54 Å². The second kappa shape index (κ2) is 6.76. The van der Waals surface area contributed by atoms with Crippen LogP contribution in [0.1, 0.15) is 5.56 Å². The van der Waals surface area contributed by atoms with E-state index in [4.69, 9.17) is 27.9 Å². The van der Waals surface area contributed by atoms with Crippen molar-refractivity contribution < 1.29 is 9.66 Å². The molecule has 0 amide bonds. The van der Waals surface area contributed by atoms with E-state index in [9.17, 15) is 10.1 Å². The fourth-order valence-corrected chi connectivity index (χ4v) is 2.22. The lowest BCUT2D eigenvalue weighted by molar-refractivity contribution is -0.385. The summed E-state index contributed by atoms with van der Waals surface area (Å²) in [6.45, 7) is 0.476. The molecular formula is C14H12Cl2N2O3. The Morgan fingerprint density at radius 2 is 2.00 bits per heavy atom. The van der Waals surface area contributed by atoms with E-state index in [1.807, 2.05) is 0 Å². The molecule has 0 aliphatic heterocycles. The Morgan fingerprint density at radius 1 is 1.24 bits per heavy atom. The van der Waals surface area contributed by atoms with Crippen molar-refractivity contribution in [1.82, 2.24) is 5.32 Å². The van der Waals surface area contributed by atoms with Crippen molar-refractivity contribution in [3.8, 4) is 11.5 Å². The lowest BCUT2D eigenvalue weighted by atomic mass is 10.2. The summed E-state index contributed by atoms with van der Waals surface area (Å²) in [6.07, 6.45) is 0. The highest BCUT2D eigenvalue weighted by Crippen LogP contribution is 2.36. The number of benzene rings is 2. The molecule has 0 saturated heterocycles. The second-order valence-corrected chi connectivity index (χ2v) is 5.06. The standard InChI is InChI=1S/C14H12Cl2N2O3/c1-17-8-10-11(16)3-2-4-13(10)21-14-7-9(15)5-6-12(14)18(19)20/h2-7,17H,8H2,1H3. The summed E-state index contributed by atoms with van der Waals surface area (Å²) in [7, 11) is 1.77. The predicted molar refractivity (Wildman–Crippen MR) is 82.4 cm³/mol. The van der Waals surface area contributed by atoms with Crippen LogP contribution in [0.5, 0.6) is 11.5 Å². The average molecular weight is 327 g/mol. The number of hydrogen-bond donors (Lipinski definition) is 1. The fraction of sp³-hybridized carbons (Fsp3) is 0.143. The minimum absolute atomic E-state index is 0.0760. The van der Waals surface area contributed by atoms with Crippen molar-refractivity contribution >= 4 is 28.9 Å². The summed E-state index contributed by atoms with van der Waals surface area (Å²) >= 11 is 12.0. The molecule has 110 valence electrons. The fourth-order valence-electron chi connectivity index (χ4n) is 1.82. The third-order valence-corrected chi connectivity index (χ3v) is 3.36. The molecule has 0 aliphatic rings. The van der Waals surface area contributed by atoms with Gasteiger partial charge < -0.3 is 10.1 Å². The van der Waals surface area contributed by atoms with Gasteiger partial charge in [0.25, 0.3) is 0 Å². The van der Waals surface area contributed by atoms with Crippen molar-refractivity contribution in [3.05, 3.63) is 62.1 Å². The molecule has 0 aromatic heterocycles. The Balaban J connectivity index is 2.45. The zero-order valence-corrected chi connectivity index (χ0v) is 12.6. The largest absolute Gasteiger partial charge is 0.450 e. The van der Waals surface area contributed by atoms with Crippen LogP contribution >= 0.6 is 23.2 Å². The minimum Gasteiger partial charge on any atom is -0.450 e. The Labute approximate surface area is 131 Å². The molecule has 0 spiro atoms. The molecule has 0 aliphatic carbocycles.